The zero-order chi connectivity index (χ0) is 76.0. The second kappa shape index (κ2) is 77.4. The number of carbonyl (C=O) groups excluding carboxylic acids is 4. The van der Waals surface area contributed by atoms with Crippen molar-refractivity contribution in [3.05, 3.63) is 85.1 Å². The fourth-order valence-corrected chi connectivity index (χ4v) is 13.0. The van der Waals surface area contributed by atoms with Crippen LogP contribution in [0.2, 0.25) is 0 Å². The Labute approximate surface area is 634 Å². The van der Waals surface area contributed by atoms with Crippen molar-refractivity contribution in [2.45, 2.75) is 393 Å². The minimum Gasteiger partial charge on any atom is -0.462 e. The molecule has 0 bridgehead atoms. The van der Waals surface area contributed by atoms with Crippen molar-refractivity contribution < 1.29 is 80.2 Å². The minimum absolute atomic E-state index is 0.0749. The molecule has 0 aromatic heterocycles. The predicted molar refractivity (Wildman–Crippen MR) is 427 cm³/mol. The average molecular weight is 1510 g/mol. The van der Waals surface area contributed by atoms with Gasteiger partial charge in [-0.1, -0.05) is 312 Å². The van der Waals surface area contributed by atoms with E-state index in [2.05, 4.69) is 101 Å². The topological polar surface area (TPSA) is 237 Å². The first-order valence-corrected chi connectivity index (χ1v) is 44.8. The molecule has 0 rings (SSSR count). The number of hydrogen-bond acceptors (Lipinski definition) is 15. The summed E-state index contributed by atoms with van der Waals surface area (Å²) in [7, 11) is -9.97. The number of aliphatic hydroxyl groups is 1. The monoisotopic (exact) mass is 1510 g/mol. The average Bonchev–Trinajstić information content (AvgIpc) is 0.937. The third kappa shape index (κ3) is 76.4. The first-order valence-electron chi connectivity index (χ1n) is 41.8. The van der Waals surface area contributed by atoms with E-state index in [1.807, 2.05) is 12.2 Å². The van der Waals surface area contributed by atoms with Crippen LogP contribution < -0.4 is 0 Å². The number of carbonyl (C=O) groups is 4. The summed E-state index contributed by atoms with van der Waals surface area (Å²) in [5.41, 5.74) is 0. The van der Waals surface area contributed by atoms with Gasteiger partial charge in [0.25, 0.3) is 0 Å². The third-order valence-electron chi connectivity index (χ3n) is 17.8. The van der Waals surface area contributed by atoms with Gasteiger partial charge < -0.3 is 33.8 Å². The van der Waals surface area contributed by atoms with E-state index in [0.717, 1.165) is 128 Å². The SMILES string of the molecule is CCCCC/C=C\C/C=C\C/C=C\C/C=C\CCCC(=O)OC[C@H](COP(=O)(O)OC[C@@H](O)COP(=O)(O)OC[C@@H](COC(=O)CCCCCCCCCCCCCCCCCCC)OC(=O)CCCCCCC/C=C\C/C=C\CCCCC)OC(=O)CCCCCCC/C=C\CCCCCCCC. The van der Waals surface area contributed by atoms with Crippen molar-refractivity contribution in [2.75, 3.05) is 39.6 Å². The highest BCUT2D eigenvalue weighted by atomic mass is 31.2. The number of rotatable bonds is 79. The number of ether oxygens (including phenoxy) is 4. The second-order valence-corrected chi connectivity index (χ2v) is 31.0. The van der Waals surface area contributed by atoms with Gasteiger partial charge >= 0.3 is 39.5 Å². The van der Waals surface area contributed by atoms with E-state index in [0.29, 0.717) is 32.1 Å². The molecule has 0 aliphatic carbocycles. The first-order chi connectivity index (χ1) is 50.7. The maximum atomic E-state index is 13.1. The van der Waals surface area contributed by atoms with Gasteiger partial charge in [-0.3, -0.25) is 37.3 Å². The number of aliphatic hydroxyl groups excluding tert-OH is 1. The molecule has 0 radical (unpaired) electrons. The van der Waals surface area contributed by atoms with Gasteiger partial charge in [-0.25, -0.2) is 9.13 Å². The molecule has 0 saturated carbocycles. The van der Waals surface area contributed by atoms with Gasteiger partial charge in [-0.15, -0.1) is 0 Å². The molecule has 0 aliphatic rings. The molecular weight excluding hydrogens is 1350 g/mol. The third-order valence-corrected chi connectivity index (χ3v) is 19.7. The lowest BCUT2D eigenvalue weighted by Crippen LogP contribution is -2.30. The molecule has 19 heteroatoms. The second-order valence-electron chi connectivity index (χ2n) is 28.1. The van der Waals surface area contributed by atoms with E-state index < -0.39 is 97.5 Å². The van der Waals surface area contributed by atoms with Crippen LogP contribution in [0.5, 0.6) is 0 Å². The highest BCUT2D eigenvalue weighted by molar-refractivity contribution is 7.47. The molecule has 0 aromatic carbocycles. The summed E-state index contributed by atoms with van der Waals surface area (Å²) in [5.74, 6) is -2.24. The summed E-state index contributed by atoms with van der Waals surface area (Å²) in [6.07, 6.45) is 81.3. The molecule has 0 fully saturated rings. The molecule has 0 heterocycles. The molecule has 2 unspecified atom stereocenters. The molecule has 104 heavy (non-hydrogen) atoms. The normalized spacial score (nSPS) is 14.3. The number of unbranched alkanes of at least 4 members (excludes halogenated alkanes) is 39. The lowest BCUT2D eigenvalue weighted by atomic mass is 10.0. The van der Waals surface area contributed by atoms with Crippen LogP contribution in [0.25, 0.3) is 0 Å². The summed E-state index contributed by atoms with van der Waals surface area (Å²) in [4.78, 5) is 73.1. The van der Waals surface area contributed by atoms with Crippen molar-refractivity contribution in [3.63, 3.8) is 0 Å². The van der Waals surface area contributed by atoms with E-state index in [1.54, 1.807) is 0 Å². The van der Waals surface area contributed by atoms with Crippen LogP contribution in [0.15, 0.2) is 85.1 Å². The van der Waals surface area contributed by atoms with Crippen molar-refractivity contribution in [1.29, 1.82) is 0 Å². The standard InChI is InChI=1S/C85H152O17P2/c1-5-9-13-17-21-25-29-33-37-39-43-45-49-53-57-61-65-69-82(87)95-75-80(101-84(89)71-67-63-59-55-51-47-41-35-31-27-23-19-15-11-7-3)77-99-103(91,92)97-73-79(86)74-98-104(93,94)100-78-81(102-85(90)72-68-64-60-56-52-48-42-36-32-28-24-20-16-12-8-4)76-96-83(88)70-66-62-58-54-50-46-44-40-38-34-30-26-22-18-14-10-6-2/h21,24-25,28,33,35-37,41-43,45,53,57,79-81,86H,5-20,22-23,26-27,29-32,34,38-40,44,46-52,54-56,58-78H2,1-4H3,(H,91,92)(H,93,94)/b25-21-,28-24-,37-33-,41-35-,42-36-,45-43-,57-53-/t79-,80-,81-/m1/s1. The van der Waals surface area contributed by atoms with Gasteiger partial charge in [0.05, 0.1) is 26.4 Å². The van der Waals surface area contributed by atoms with E-state index in [4.69, 9.17) is 37.0 Å². The maximum Gasteiger partial charge on any atom is 0.472 e. The van der Waals surface area contributed by atoms with E-state index in [9.17, 15) is 43.2 Å². The summed E-state index contributed by atoms with van der Waals surface area (Å²) in [6, 6.07) is 0. The summed E-state index contributed by atoms with van der Waals surface area (Å²) in [6.45, 7) is 4.80. The molecule has 0 amide bonds. The van der Waals surface area contributed by atoms with Gasteiger partial charge in [0.1, 0.15) is 19.3 Å². The van der Waals surface area contributed by atoms with Gasteiger partial charge in [-0.05, 0) is 122 Å². The van der Waals surface area contributed by atoms with Crippen LogP contribution in [0, 0.1) is 0 Å². The van der Waals surface area contributed by atoms with Crippen molar-refractivity contribution >= 4 is 39.5 Å². The molecule has 3 N–H and O–H groups in total. The number of phosphoric ester groups is 2. The Bertz CT molecular complexity index is 2300. The lowest BCUT2D eigenvalue weighted by molar-refractivity contribution is -0.161. The van der Waals surface area contributed by atoms with Gasteiger partial charge in [0.2, 0.25) is 0 Å². The smallest absolute Gasteiger partial charge is 0.462 e. The first kappa shape index (κ1) is 100. The predicted octanol–water partition coefficient (Wildman–Crippen LogP) is 24.6. The van der Waals surface area contributed by atoms with E-state index >= 15 is 0 Å². The van der Waals surface area contributed by atoms with E-state index in [1.165, 1.54) is 161 Å². The van der Waals surface area contributed by atoms with Crippen molar-refractivity contribution in [3.8, 4) is 0 Å². The zero-order valence-corrected chi connectivity index (χ0v) is 68.0. The Morgan fingerprint density at radius 3 is 0.788 bits per heavy atom. The summed E-state index contributed by atoms with van der Waals surface area (Å²) >= 11 is 0. The van der Waals surface area contributed by atoms with Crippen LogP contribution in [0.1, 0.15) is 374 Å². The molecule has 5 atom stereocenters. The van der Waals surface area contributed by atoms with Gasteiger partial charge in [-0.2, -0.15) is 0 Å². The Morgan fingerprint density at radius 1 is 0.269 bits per heavy atom. The van der Waals surface area contributed by atoms with Crippen LogP contribution in [0.4, 0.5) is 0 Å². The molecule has 0 aliphatic heterocycles. The number of esters is 4. The summed E-state index contributed by atoms with van der Waals surface area (Å²) < 4.78 is 68.7. The molecule has 0 saturated heterocycles. The van der Waals surface area contributed by atoms with Gasteiger partial charge in [0, 0.05) is 25.7 Å². The van der Waals surface area contributed by atoms with Crippen molar-refractivity contribution in [1.82, 2.24) is 0 Å². The highest BCUT2D eigenvalue weighted by Gasteiger charge is 2.30. The Kier molecular flexibility index (Phi) is 74.6. The molecule has 0 aromatic rings. The van der Waals surface area contributed by atoms with E-state index in [-0.39, 0.29) is 25.7 Å². The van der Waals surface area contributed by atoms with Crippen LogP contribution in [-0.4, -0.2) is 96.7 Å². The minimum atomic E-state index is -4.99. The zero-order valence-electron chi connectivity index (χ0n) is 66.2. The lowest BCUT2D eigenvalue weighted by Gasteiger charge is -2.21. The number of allylic oxidation sites excluding steroid dienone is 14. The Balaban J connectivity index is 5.39. The fraction of sp³-hybridized carbons (Fsp3) is 0.788. The van der Waals surface area contributed by atoms with Gasteiger partial charge in [0.15, 0.2) is 12.2 Å². The quantitative estimate of drug-likeness (QED) is 0.0169. The highest BCUT2D eigenvalue weighted by Crippen LogP contribution is 2.45. The largest absolute Gasteiger partial charge is 0.472 e. The number of phosphoric acid groups is 2. The molecular formula is C85H152O17P2. The van der Waals surface area contributed by atoms with Crippen LogP contribution in [0.3, 0.4) is 0 Å². The molecule has 0 spiro atoms. The molecule has 17 nitrogen and oxygen atoms in total. The maximum absolute atomic E-state index is 13.1. The van der Waals surface area contributed by atoms with Crippen LogP contribution in [-0.2, 0) is 65.4 Å². The Hall–Kier alpha value is -3.76. The van der Waals surface area contributed by atoms with Crippen LogP contribution >= 0.6 is 15.6 Å². The summed E-state index contributed by atoms with van der Waals surface area (Å²) in [5, 5.41) is 10.7. The number of hydrogen-bond donors (Lipinski definition) is 3. The van der Waals surface area contributed by atoms with Crippen molar-refractivity contribution in [2.24, 2.45) is 0 Å². The fourth-order valence-electron chi connectivity index (χ4n) is 11.4. The Morgan fingerprint density at radius 2 is 0.481 bits per heavy atom. The molecule has 604 valence electrons.